The lowest BCUT2D eigenvalue weighted by molar-refractivity contribution is -0.131. The van der Waals surface area contributed by atoms with E-state index in [4.69, 9.17) is 10.5 Å². The summed E-state index contributed by atoms with van der Waals surface area (Å²) in [4.78, 5) is 18.9. The largest absolute Gasteiger partial charge is 0.381 e. The van der Waals surface area contributed by atoms with Crippen molar-refractivity contribution in [2.45, 2.75) is 32.4 Å². The third kappa shape index (κ3) is 6.78. The van der Waals surface area contributed by atoms with Crippen molar-refractivity contribution < 1.29 is 9.53 Å². The van der Waals surface area contributed by atoms with Gasteiger partial charge in [0.2, 0.25) is 5.91 Å². The average Bonchev–Trinajstić information content (AvgIpc) is 3.30. The second kappa shape index (κ2) is 12.1. The van der Waals surface area contributed by atoms with E-state index in [-0.39, 0.29) is 30.7 Å². The molecule has 0 bridgehead atoms. The van der Waals surface area contributed by atoms with Crippen molar-refractivity contribution in [3.8, 4) is 0 Å². The second-order valence-electron chi connectivity index (χ2n) is 6.93. The first-order chi connectivity index (χ1) is 12.7. The van der Waals surface area contributed by atoms with E-state index >= 15 is 0 Å². The number of hydrogen-bond donors (Lipinski definition) is 1. The Hall–Kier alpha value is -1.60. The van der Waals surface area contributed by atoms with Gasteiger partial charge >= 0.3 is 0 Å². The highest BCUT2D eigenvalue weighted by Crippen LogP contribution is 2.18. The molecule has 0 radical (unpaired) electrons. The zero-order valence-corrected chi connectivity index (χ0v) is 17.8. The van der Waals surface area contributed by atoms with Gasteiger partial charge < -0.3 is 19.9 Å². The van der Waals surface area contributed by atoms with Crippen LogP contribution in [0.3, 0.4) is 0 Å². The standard InChI is InChI=1S/C20H28N4O2.2ClH/c1-2-26-14-17-8-9-24(12-17)20(25)19(21)10-18-13-23(15-22-18)11-16-6-4-3-5-7-16;;/h3-7,13,15,17,19H,2,8-12,14,21H2,1H3;2*1H/t17?,19-;;/m0../s1. The van der Waals surface area contributed by atoms with Crippen LogP contribution in [0.4, 0.5) is 0 Å². The van der Waals surface area contributed by atoms with Crippen LogP contribution in [0.15, 0.2) is 42.9 Å². The van der Waals surface area contributed by atoms with Crippen LogP contribution in [0.25, 0.3) is 0 Å². The Morgan fingerprint density at radius 2 is 2.07 bits per heavy atom. The number of hydrogen-bond acceptors (Lipinski definition) is 4. The van der Waals surface area contributed by atoms with E-state index in [1.807, 2.05) is 40.8 Å². The zero-order valence-electron chi connectivity index (χ0n) is 16.2. The fraction of sp³-hybridized carbons (Fsp3) is 0.500. The van der Waals surface area contributed by atoms with E-state index in [0.717, 1.165) is 45.0 Å². The van der Waals surface area contributed by atoms with Crippen molar-refractivity contribution in [1.29, 1.82) is 0 Å². The van der Waals surface area contributed by atoms with Crippen molar-refractivity contribution >= 4 is 30.7 Å². The van der Waals surface area contributed by atoms with Crippen LogP contribution in [0.1, 0.15) is 24.6 Å². The molecule has 1 unspecified atom stereocenters. The minimum Gasteiger partial charge on any atom is -0.381 e. The maximum Gasteiger partial charge on any atom is 0.239 e. The fourth-order valence-corrected chi connectivity index (χ4v) is 3.39. The molecule has 1 aliphatic heterocycles. The lowest BCUT2D eigenvalue weighted by Crippen LogP contribution is -2.44. The Labute approximate surface area is 179 Å². The van der Waals surface area contributed by atoms with Gasteiger partial charge in [-0.1, -0.05) is 30.3 Å². The summed E-state index contributed by atoms with van der Waals surface area (Å²) in [6.45, 7) is 5.71. The highest BCUT2D eigenvalue weighted by atomic mass is 35.5. The Bertz CT molecular complexity index is 711. The molecule has 6 nitrogen and oxygen atoms in total. The molecule has 2 aromatic rings. The van der Waals surface area contributed by atoms with E-state index in [2.05, 4.69) is 17.1 Å². The molecule has 1 fully saturated rings. The summed E-state index contributed by atoms with van der Waals surface area (Å²) in [7, 11) is 0. The Morgan fingerprint density at radius 3 is 2.79 bits per heavy atom. The third-order valence-electron chi connectivity index (χ3n) is 4.80. The van der Waals surface area contributed by atoms with Gasteiger partial charge in [0.1, 0.15) is 0 Å². The monoisotopic (exact) mass is 428 g/mol. The smallest absolute Gasteiger partial charge is 0.239 e. The number of halogens is 2. The molecule has 1 amide bonds. The minimum absolute atomic E-state index is 0. The highest BCUT2D eigenvalue weighted by Gasteiger charge is 2.29. The number of nitrogens with zero attached hydrogens (tertiary/aromatic N) is 3. The lowest BCUT2D eigenvalue weighted by atomic mass is 10.1. The van der Waals surface area contributed by atoms with Crippen LogP contribution in [0, 0.1) is 5.92 Å². The van der Waals surface area contributed by atoms with Gasteiger partial charge in [-0.3, -0.25) is 4.79 Å². The summed E-state index contributed by atoms with van der Waals surface area (Å²) < 4.78 is 7.49. The fourth-order valence-electron chi connectivity index (χ4n) is 3.39. The average molecular weight is 429 g/mol. The van der Waals surface area contributed by atoms with Gasteiger partial charge in [0.25, 0.3) is 0 Å². The Morgan fingerprint density at radius 1 is 1.32 bits per heavy atom. The van der Waals surface area contributed by atoms with Gasteiger partial charge in [-0.25, -0.2) is 4.98 Å². The number of nitrogens with two attached hydrogens (primary N) is 1. The summed E-state index contributed by atoms with van der Waals surface area (Å²) in [5, 5.41) is 0. The topological polar surface area (TPSA) is 73.4 Å². The lowest BCUT2D eigenvalue weighted by Gasteiger charge is -2.20. The second-order valence-corrected chi connectivity index (χ2v) is 6.93. The van der Waals surface area contributed by atoms with Gasteiger partial charge in [0.05, 0.1) is 24.7 Å². The van der Waals surface area contributed by atoms with Gasteiger partial charge in [-0.05, 0) is 18.9 Å². The molecular formula is C20H30Cl2N4O2. The molecule has 2 N–H and O–H groups in total. The maximum atomic E-state index is 12.6. The molecule has 3 rings (SSSR count). The van der Waals surface area contributed by atoms with Crippen LogP contribution in [-0.2, 0) is 22.5 Å². The van der Waals surface area contributed by atoms with Crippen LogP contribution in [0.5, 0.6) is 0 Å². The summed E-state index contributed by atoms with van der Waals surface area (Å²) in [5.41, 5.74) is 8.24. The normalized spacial score (nSPS) is 16.9. The molecule has 28 heavy (non-hydrogen) atoms. The molecule has 1 aromatic heterocycles. The van der Waals surface area contributed by atoms with Crippen LogP contribution >= 0.6 is 24.8 Å². The quantitative estimate of drug-likeness (QED) is 0.700. The SMILES string of the molecule is CCOCC1CCN(C(=O)[C@@H](N)Cc2cn(Cc3ccccc3)cn2)C1.Cl.Cl. The summed E-state index contributed by atoms with van der Waals surface area (Å²) in [6.07, 6.45) is 5.23. The van der Waals surface area contributed by atoms with Crippen LogP contribution in [0.2, 0.25) is 0 Å². The minimum atomic E-state index is -0.541. The molecule has 8 heteroatoms. The number of aromatic nitrogens is 2. The number of ether oxygens (including phenoxy) is 1. The van der Waals surface area contributed by atoms with E-state index in [1.54, 1.807) is 6.33 Å². The molecule has 0 aliphatic carbocycles. The molecule has 2 atom stereocenters. The number of likely N-dealkylation sites (tertiary alicyclic amines) is 1. The van der Waals surface area contributed by atoms with Crippen molar-refractivity contribution in [3.05, 3.63) is 54.1 Å². The van der Waals surface area contributed by atoms with Gasteiger partial charge in [0, 0.05) is 44.8 Å². The van der Waals surface area contributed by atoms with Gasteiger partial charge in [0.15, 0.2) is 0 Å². The van der Waals surface area contributed by atoms with Crippen molar-refractivity contribution in [1.82, 2.24) is 14.5 Å². The van der Waals surface area contributed by atoms with E-state index in [0.29, 0.717) is 12.3 Å². The molecule has 0 spiro atoms. The van der Waals surface area contributed by atoms with Crippen molar-refractivity contribution in [2.75, 3.05) is 26.3 Å². The van der Waals surface area contributed by atoms with Crippen LogP contribution in [-0.4, -0.2) is 52.7 Å². The van der Waals surface area contributed by atoms with Gasteiger partial charge in [-0.2, -0.15) is 0 Å². The Balaban J connectivity index is 0.00000196. The van der Waals surface area contributed by atoms with Crippen LogP contribution < -0.4 is 5.73 Å². The summed E-state index contributed by atoms with van der Waals surface area (Å²) in [6, 6.07) is 9.68. The van der Waals surface area contributed by atoms with E-state index < -0.39 is 6.04 Å². The van der Waals surface area contributed by atoms with E-state index in [9.17, 15) is 4.79 Å². The molecule has 1 aliphatic rings. The third-order valence-corrected chi connectivity index (χ3v) is 4.80. The maximum absolute atomic E-state index is 12.6. The molecule has 1 saturated heterocycles. The van der Waals surface area contributed by atoms with Crippen molar-refractivity contribution in [2.24, 2.45) is 11.7 Å². The molecule has 0 saturated carbocycles. The number of carbonyl (C=O) groups excluding carboxylic acids is 1. The van der Waals surface area contributed by atoms with Gasteiger partial charge in [-0.15, -0.1) is 24.8 Å². The predicted molar refractivity (Wildman–Crippen MR) is 115 cm³/mol. The molecule has 156 valence electrons. The Kier molecular flexibility index (Phi) is 10.5. The van der Waals surface area contributed by atoms with E-state index in [1.165, 1.54) is 5.56 Å². The molecule has 1 aromatic carbocycles. The first-order valence-electron chi connectivity index (χ1n) is 9.32. The summed E-state index contributed by atoms with van der Waals surface area (Å²) in [5.74, 6) is 0.442. The molecule has 2 heterocycles. The summed E-state index contributed by atoms with van der Waals surface area (Å²) >= 11 is 0. The number of rotatable bonds is 8. The number of carbonyl (C=O) groups is 1. The number of benzene rings is 1. The first-order valence-corrected chi connectivity index (χ1v) is 9.32. The zero-order chi connectivity index (χ0) is 18.4. The highest BCUT2D eigenvalue weighted by molar-refractivity contribution is 5.85. The van der Waals surface area contributed by atoms with Crippen molar-refractivity contribution in [3.63, 3.8) is 0 Å². The predicted octanol–water partition coefficient (Wildman–Crippen LogP) is 2.53. The molecular weight excluding hydrogens is 399 g/mol. The first kappa shape index (κ1) is 24.4. The number of imidazole rings is 1. The number of amides is 1.